The lowest BCUT2D eigenvalue weighted by atomic mass is 9.48. The average Bonchev–Trinajstić information content (AvgIpc) is 3.53. The summed E-state index contributed by atoms with van der Waals surface area (Å²) in [6.45, 7) is 13.2. The van der Waals surface area contributed by atoms with Crippen molar-refractivity contribution in [1.82, 2.24) is 0 Å². The Balaban J connectivity index is 1.37. The lowest BCUT2D eigenvalue weighted by Gasteiger charge is -2.57. The summed E-state index contributed by atoms with van der Waals surface area (Å²) in [4.78, 5) is 0. The Hall–Kier alpha value is 0.415. The number of thiol groups is 1. The largest absolute Gasteiger partial charge is 0.179 e. The van der Waals surface area contributed by atoms with Crippen molar-refractivity contribution in [3.8, 4) is 0 Å². The Morgan fingerprint density at radius 1 is 0.596 bits per heavy atom. The van der Waals surface area contributed by atoms with Crippen molar-refractivity contribution in [1.29, 1.82) is 0 Å². The molecule has 0 aromatic carbocycles. The third-order valence-corrected chi connectivity index (χ3v) is 17.7. The molecule has 270 valence electrons. The van der Waals surface area contributed by atoms with Gasteiger partial charge in [-0.2, -0.15) is 12.6 Å². The Morgan fingerprint density at radius 2 is 1.17 bits per heavy atom. The molecule has 5 aliphatic rings. The minimum Gasteiger partial charge on any atom is -0.179 e. The van der Waals surface area contributed by atoms with Gasteiger partial charge in [0.15, 0.2) is 0 Å². The van der Waals surface area contributed by atoms with Crippen LogP contribution in [0.5, 0.6) is 0 Å². The van der Waals surface area contributed by atoms with E-state index in [1.807, 2.05) is 0 Å². The van der Waals surface area contributed by atoms with Crippen molar-refractivity contribution in [2.24, 2.45) is 75.9 Å². The van der Waals surface area contributed by atoms with E-state index in [1.165, 1.54) is 122 Å². The average molecular weight is 665 g/mol. The van der Waals surface area contributed by atoms with Crippen LogP contribution >= 0.6 is 12.6 Å². The lowest BCUT2D eigenvalue weighted by Crippen LogP contribution is -2.51. The molecule has 0 aromatic rings. The summed E-state index contributed by atoms with van der Waals surface area (Å²) in [5.41, 5.74) is 0.956. The summed E-state index contributed by atoms with van der Waals surface area (Å²) in [5.74, 6) is 11.2. The minimum absolute atomic E-state index is 0.401. The minimum atomic E-state index is 0.401. The van der Waals surface area contributed by atoms with Crippen LogP contribution in [-0.2, 0) is 0 Å². The van der Waals surface area contributed by atoms with E-state index in [0.717, 1.165) is 71.3 Å². The lowest BCUT2D eigenvalue weighted by molar-refractivity contribution is -0.0846. The van der Waals surface area contributed by atoms with Crippen LogP contribution in [0.25, 0.3) is 0 Å². The van der Waals surface area contributed by atoms with Crippen LogP contribution in [0.2, 0.25) is 6.32 Å². The van der Waals surface area contributed by atoms with Gasteiger partial charge < -0.3 is 0 Å². The Kier molecular flexibility index (Phi) is 15.0. The van der Waals surface area contributed by atoms with Crippen LogP contribution in [-0.4, -0.2) is 13.6 Å². The van der Waals surface area contributed by atoms with E-state index < -0.39 is 0 Å². The maximum absolute atomic E-state index is 6.32. The fourth-order valence-electron chi connectivity index (χ4n) is 14.7. The summed E-state index contributed by atoms with van der Waals surface area (Å²) in [7, 11) is 6.32. The van der Waals surface area contributed by atoms with Gasteiger partial charge >= 0.3 is 0 Å². The highest BCUT2D eigenvalue weighted by Gasteiger charge is 2.55. The molecule has 2 radical (unpaired) electrons. The topological polar surface area (TPSA) is 0 Å². The van der Waals surface area contributed by atoms with Gasteiger partial charge in [0, 0.05) is 0 Å². The zero-order chi connectivity index (χ0) is 33.4. The smallest absolute Gasteiger partial charge is 0.0653 e. The van der Waals surface area contributed by atoms with Crippen molar-refractivity contribution in [2.45, 2.75) is 201 Å². The Bertz CT molecular complexity index is 882. The molecule has 2 heteroatoms. The molecule has 8 unspecified atom stereocenters. The van der Waals surface area contributed by atoms with E-state index in [0.29, 0.717) is 16.7 Å². The molecule has 5 saturated carbocycles. The molecule has 0 aliphatic heterocycles. The van der Waals surface area contributed by atoms with Gasteiger partial charge in [-0.05, 0) is 146 Å². The highest BCUT2D eigenvalue weighted by Crippen LogP contribution is 2.63. The van der Waals surface area contributed by atoms with E-state index in [9.17, 15) is 0 Å². The Morgan fingerprint density at radius 3 is 1.77 bits per heavy atom. The molecular formula is C45H81BS. The number of hydrogen-bond donors (Lipinski definition) is 1. The highest BCUT2D eigenvalue weighted by molar-refractivity contribution is 7.80. The van der Waals surface area contributed by atoms with Crippen LogP contribution in [0, 0.1) is 75.9 Å². The fraction of sp³-hybridized carbons (Fsp3) is 1.00. The Labute approximate surface area is 302 Å². The van der Waals surface area contributed by atoms with E-state index in [2.05, 4.69) is 34.6 Å². The van der Waals surface area contributed by atoms with Crippen molar-refractivity contribution in [3.63, 3.8) is 0 Å². The first-order valence-electron chi connectivity index (χ1n) is 22.1. The van der Waals surface area contributed by atoms with E-state index in [4.69, 9.17) is 20.5 Å². The fourth-order valence-corrected chi connectivity index (χ4v) is 15.5. The van der Waals surface area contributed by atoms with Gasteiger partial charge in [-0.15, -0.1) is 0 Å². The molecular weight excluding hydrogens is 583 g/mol. The maximum Gasteiger partial charge on any atom is 0.0653 e. The first kappa shape index (κ1) is 38.6. The second kappa shape index (κ2) is 18.3. The first-order valence-corrected chi connectivity index (χ1v) is 22.8. The molecule has 0 N–H and O–H groups in total. The van der Waals surface area contributed by atoms with Gasteiger partial charge in [-0.25, -0.2) is 0 Å². The molecule has 0 heterocycles. The normalized spacial score (nSPS) is 35.2. The second-order valence-corrected chi connectivity index (χ2v) is 19.4. The predicted molar refractivity (Wildman–Crippen MR) is 211 cm³/mol. The molecule has 5 rings (SSSR count). The molecule has 8 atom stereocenters. The van der Waals surface area contributed by atoms with E-state index in [-0.39, 0.29) is 0 Å². The summed E-state index contributed by atoms with van der Waals surface area (Å²) in [6, 6.07) is 0. The summed E-state index contributed by atoms with van der Waals surface area (Å²) in [5, 5.41) is 0. The molecule has 5 aliphatic carbocycles. The highest BCUT2D eigenvalue weighted by atomic mass is 32.1. The van der Waals surface area contributed by atoms with Gasteiger partial charge in [-0.1, -0.05) is 137 Å². The van der Waals surface area contributed by atoms with E-state index >= 15 is 0 Å². The molecule has 0 amide bonds. The molecule has 0 nitrogen and oxygen atoms in total. The van der Waals surface area contributed by atoms with Gasteiger partial charge in [0.2, 0.25) is 0 Å². The van der Waals surface area contributed by atoms with E-state index in [1.54, 1.807) is 38.5 Å². The third kappa shape index (κ3) is 8.09. The standard InChI is InChI=1S/C45H81BS/c1-6-7-15-35(5)45(33(2)3,41-28-26-37(27-29-41)36-17-13-18-36)43-23-14-19-39(43)25-24-38-16-11-12-22-42(38)44(32-47,34(4)30-31-46)40-20-9-8-10-21-40/h33-43,47H,6-32H2,1-5H3. The maximum atomic E-state index is 6.32. The van der Waals surface area contributed by atoms with Gasteiger partial charge in [-0.3, -0.25) is 0 Å². The SMILES string of the molecule is [B]CCC(C)C(CS)(C1CCCCC1)C1CCCCC1CCC1CCCC1C(C(C)C)(C(C)CCCC)C1CCC(C2CCC2)CC1. The number of rotatable bonds is 17. The van der Waals surface area contributed by atoms with Gasteiger partial charge in [0.05, 0.1) is 7.85 Å². The zero-order valence-corrected chi connectivity index (χ0v) is 33.4. The quantitative estimate of drug-likeness (QED) is 0.116. The van der Waals surface area contributed by atoms with Crippen molar-refractivity contribution in [2.75, 3.05) is 5.75 Å². The monoisotopic (exact) mass is 665 g/mol. The van der Waals surface area contributed by atoms with Gasteiger partial charge in [0.25, 0.3) is 0 Å². The van der Waals surface area contributed by atoms with Crippen molar-refractivity contribution in [3.05, 3.63) is 0 Å². The third-order valence-electron chi connectivity index (χ3n) is 17.1. The van der Waals surface area contributed by atoms with Crippen molar-refractivity contribution >= 4 is 20.5 Å². The number of unbranched alkanes of at least 4 members (excludes halogenated alkanes) is 1. The molecule has 47 heavy (non-hydrogen) atoms. The van der Waals surface area contributed by atoms with Gasteiger partial charge in [0.1, 0.15) is 0 Å². The van der Waals surface area contributed by atoms with Crippen molar-refractivity contribution < 1.29 is 0 Å². The molecule has 0 saturated heterocycles. The van der Waals surface area contributed by atoms with Crippen LogP contribution in [0.15, 0.2) is 0 Å². The number of hydrogen-bond acceptors (Lipinski definition) is 1. The van der Waals surface area contributed by atoms with Crippen LogP contribution in [0.1, 0.15) is 195 Å². The molecule has 0 aromatic heterocycles. The summed E-state index contributed by atoms with van der Waals surface area (Å²) in [6.07, 6.45) is 37.9. The van der Waals surface area contributed by atoms with Crippen LogP contribution in [0.3, 0.4) is 0 Å². The summed E-state index contributed by atoms with van der Waals surface area (Å²) >= 11 is 5.32. The van der Waals surface area contributed by atoms with Crippen LogP contribution < -0.4 is 0 Å². The molecule has 0 bridgehead atoms. The molecule has 5 fully saturated rings. The molecule has 0 spiro atoms. The van der Waals surface area contributed by atoms with Crippen LogP contribution in [0.4, 0.5) is 0 Å². The first-order chi connectivity index (χ1) is 22.8. The predicted octanol–water partition coefficient (Wildman–Crippen LogP) is 14.2. The second-order valence-electron chi connectivity index (χ2n) is 19.1. The zero-order valence-electron chi connectivity index (χ0n) is 32.5. The summed E-state index contributed by atoms with van der Waals surface area (Å²) < 4.78 is 0.